The number of amides is 2. The highest BCUT2D eigenvalue weighted by Crippen LogP contribution is 2.20. The van der Waals surface area contributed by atoms with Crippen molar-refractivity contribution < 1.29 is 9.59 Å². The first kappa shape index (κ1) is 21.1. The molecule has 152 valence electrons. The molecule has 0 radical (unpaired) electrons. The maximum atomic E-state index is 12.1. The van der Waals surface area contributed by atoms with Crippen molar-refractivity contribution in [3.63, 3.8) is 0 Å². The number of nitrogens with zero attached hydrogens (tertiary/aromatic N) is 3. The molecule has 0 atom stereocenters. The summed E-state index contributed by atoms with van der Waals surface area (Å²) < 4.78 is 1.89. The Labute approximate surface area is 177 Å². The molecule has 0 aliphatic heterocycles. The third kappa shape index (κ3) is 5.68. The zero-order valence-corrected chi connectivity index (χ0v) is 18.2. The van der Waals surface area contributed by atoms with Crippen LogP contribution in [0.3, 0.4) is 0 Å². The summed E-state index contributed by atoms with van der Waals surface area (Å²) in [4.78, 5) is 25.5. The van der Waals surface area contributed by atoms with Crippen molar-refractivity contribution in [1.29, 1.82) is 0 Å². The van der Waals surface area contributed by atoms with Crippen molar-refractivity contribution in [1.82, 2.24) is 20.1 Å². The van der Waals surface area contributed by atoms with Crippen LogP contribution in [0.15, 0.2) is 40.9 Å². The zero-order valence-electron chi connectivity index (χ0n) is 16.6. The van der Waals surface area contributed by atoms with Gasteiger partial charge in [-0.15, -0.1) is 21.5 Å². The third-order valence-corrected chi connectivity index (χ3v) is 6.26. The summed E-state index contributed by atoms with van der Waals surface area (Å²) in [5.74, 6) is 0.539. The van der Waals surface area contributed by atoms with Crippen LogP contribution in [0, 0.1) is 13.8 Å². The van der Waals surface area contributed by atoms with Gasteiger partial charge in [0.15, 0.2) is 5.16 Å². The largest absolute Gasteiger partial charge is 0.346 e. The fourth-order valence-electron chi connectivity index (χ4n) is 2.75. The molecule has 2 heterocycles. The molecular formula is C20H23N5O2S2. The van der Waals surface area contributed by atoms with Crippen LogP contribution in [0.5, 0.6) is 0 Å². The van der Waals surface area contributed by atoms with E-state index >= 15 is 0 Å². The molecule has 0 aliphatic carbocycles. The molecule has 2 amide bonds. The van der Waals surface area contributed by atoms with E-state index in [1.54, 1.807) is 11.3 Å². The summed E-state index contributed by atoms with van der Waals surface area (Å²) in [6, 6.07) is 9.88. The number of para-hydroxylation sites is 1. The van der Waals surface area contributed by atoms with Crippen LogP contribution >= 0.6 is 23.1 Å². The van der Waals surface area contributed by atoms with Gasteiger partial charge in [-0.1, -0.05) is 36.0 Å². The second-order valence-electron chi connectivity index (χ2n) is 6.59. The number of benzene rings is 1. The Kier molecular flexibility index (Phi) is 7.05. The molecule has 7 nitrogen and oxygen atoms in total. The first-order valence-corrected chi connectivity index (χ1v) is 11.0. The summed E-state index contributed by atoms with van der Waals surface area (Å²) in [7, 11) is 1.89. The first-order chi connectivity index (χ1) is 13.9. The SMILES string of the molecule is Cc1cccc(C)c1NC(=O)CNC(=O)CSc1nnc(Cc2cccs2)n1C. The molecule has 9 heteroatoms. The van der Waals surface area contributed by atoms with E-state index in [1.165, 1.54) is 16.6 Å². The minimum absolute atomic E-state index is 0.0738. The topological polar surface area (TPSA) is 88.9 Å². The van der Waals surface area contributed by atoms with Gasteiger partial charge in [0.1, 0.15) is 5.82 Å². The highest BCUT2D eigenvalue weighted by molar-refractivity contribution is 7.99. The van der Waals surface area contributed by atoms with Crippen molar-refractivity contribution in [2.45, 2.75) is 25.4 Å². The minimum Gasteiger partial charge on any atom is -0.346 e. The second kappa shape index (κ2) is 9.71. The van der Waals surface area contributed by atoms with E-state index in [1.807, 2.05) is 55.1 Å². The van der Waals surface area contributed by atoms with Crippen LogP contribution in [0.4, 0.5) is 5.69 Å². The van der Waals surface area contributed by atoms with Crippen LogP contribution in [0.1, 0.15) is 21.8 Å². The number of hydrogen-bond donors (Lipinski definition) is 2. The fourth-order valence-corrected chi connectivity index (χ4v) is 4.21. The lowest BCUT2D eigenvalue weighted by atomic mass is 10.1. The van der Waals surface area contributed by atoms with E-state index in [0.717, 1.165) is 22.6 Å². The Hall–Kier alpha value is -2.65. The predicted octanol–water partition coefficient (Wildman–Crippen LogP) is 2.93. The predicted molar refractivity (Wildman–Crippen MR) is 116 cm³/mol. The molecule has 0 bridgehead atoms. The zero-order chi connectivity index (χ0) is 20.8. The van der Waals surface area contributed by atoms with E-state index in [-0.39, 0.29) is 24.1 Å². The molecule has 0 saturated carbocycles. The summed E-state index contributed by atoms with van der Waals surface area (Å²) in [5, 5.41) is 16.6. The van der Waals surface area contributed by atoms with Crippen LogP contribution in [-0.2, 0) is 23.1 Å². The number of rotatable bonds is 8. The number of aromatic nitrogens is 3. The van der Waals surface area contributed by atoms with Crippen molar-refractivity contribution in [2.75, 3.05) is 17.6 Å². The van der Waals surface area contributed by atoms with Gasteiger partial charge in [0, 0.05) is 24.0 Å². The number of carbonyl (C=O) groups is 2. The number of carbonyl (C=O) groups excluding carboxylic acids is 2. The van der Waals surface area contributed by atoms with Crippen LogP contribution in [-0.4, -0.2) is 38.9 Å². The van der Waals surface area contributed by atoms with Crippen molar-refractivity contribution in [3.8, 4) is 0 Å². The molecule has 0 aliphatic rings. The van der Waals surface area contributed by atoms with Crippen LogP contribution in [0.25, 0.3) is 0 Å². The van der Waals surface area contributed by atoms with Crippen LogP contribution < -0.4 is 10.6 Å². The smallest absolute Gasteiger partial charge is 0.243 e. The monoisotopic (exact) mass is 429 g/mol. The molecule has 1 aromatic carbocycles. The maximum absolute atomic E-state index is 12.1. The Morgan fingerprint density at radius 2 is 1.86 bits per heavy atom. The van der Waals surface area contributed by atoms with Gasteiger partial charge in [-0.3, -0.25) is 9.59 Å². The summed E-state index contributed by atoms with van der Waals surface area (Å²) >= 11 is 2.97. The molecule has 0 spiro atoms. The lowest BCUT2D eigenvalue weighted by Gasteiger charge is -2.11. The van der Waals surface area contributed by atoms with Gasteiger partial charge >= 0.3 is 0 Å². The fraction of sp³-hybridized carbons (Fsp3) is 0.300. The van der Waals surface area contributed by atoms with Gasteiger partial charge in [0.05, 0.1) is 12.3 Å². The molecule has 3 rings (SSSR count). The summed E-state index contributed by atoms with van der Waals surface area (Å²) in [6.07, 6.45) is 0.715. The summed E-state index contributed by atoms with van der Waals surface area (Å²) in [6.45, 7) is 3.80. The second-order valence-corrected chi connectivity index (χ2v) is 8.57. The number of thioether (sulfide) groups is 1. The number of hydrogen-bond acceptors (Lipinski definition) is 6. The van der Waals surface area contributed by atoms with E-state index in [0.29, 0.717) is 11.6 Å². The van der Waals surface area contributed by atoms with Gasteiger partial charge in [-0.2, -0.15) is 0 Å². The molecule has 0 fully saturated rings. The normalized spacial score (nSPS) is 10.7. The Morgan fingerprint density at radius 3 is 2.55 bits per heavy atom. The maximum Gasteiger partial charge on any atom is 0.243 e. The van der Waals surface area contributed by atoms with Gasteiger partial charge in [0.25, 0.3) is 0 Å². The van der Waals surface area contributed by atoms with E-state index in [9.17, 15) is 9.59 Å². The van der Waals surface area contributed by atoms with Crippen LogP contribution in [0.2, 0.25) is 0 Å². The standard InChI is InChI=1S/C20H23N5O2S2/c1-13-6-4-7-14(2)19(13)22-17(26)11-21-18(27)12-29-20-24-23-16(25(20)3)10-15-8-5-9-28-15/h4-9H,10-12H2,1-3H3,(H,21,27)(H,22,26). The van der Waals surface area contributed by atoms with Gasteiger partial charge < -0.3 is 15.2 Å². The molecule has 2 N–H and O–H groups in total. The molecule has 3 aromatic rings. The van der Waals surface area contributed by atoms with Gasteiger partial charge in [0.2, 0.25) is 11.8 Å². The van der Waals surface area contributed by atoms with Gasteiger partial charge in [-0.25, -0.2) is 0 Å². The average molecular weight is 430 g/mol. The highest BCUT2D eigenvalue weighted by Gasteiger charge is 2.13. The van der Waals surface area contributed by atoms with E-state index in [2.05, 4.69) is 26.9 Å². The number of anilines is 1. The number of thiophene rings is 1. The molecule has 2 aromatic heterocycles. The van der Waals surface area contributed by atoms with Crippen molar-refractivity contribution in [3.05, 3.63) is 57.5 Å². The first-order valence-electron chi connectivity index (χ1n) is 9.10. The minimum atomic E-state index is -0.252. The van der Waals surface area contributed by atoms with Gasteiger partial charge in [-0.05, 0) is 36.4 Å². The quantitative estimate of drug-likeness (QED) is 0.538. The number of nitrogens with one attached hydrogen (secondary N) is 2. The molecule has 0 saturated heterocycles. The Bertz CT molecular complexity index is 978. The Balaban J connectivity index is 1.45. The number of aryl methyl sites for hydroxylation is 2. The van der Waals surface area contributed by atoms with E-state index < -0.39 is 0 Å². The lowest BCUT2D eigenvalue weighted by molar-refractivity contribution is -0.122. The molecule has 0 unspecified atom stereocenters. The van der Waals surface area contributed by atoms with Crippen molar-refractivity contribution in [2.24, 2.45) is 7.05 Å². The highest BCUT2D eigenvalue weighted by atomic mass is 32.2. The lowest BCUT2D eigenvalue weighted by Crippen LogP contribution is -2.34. The summed E-state index contributed by atoms with van der Waals surface area (Å²) in [5.41, 5.74) is 2.76. The van der Waals surface area contributed by atoms with E-state index in [4.69, 9.17) is 0 Å². The third-order valence-electron chi connectivity index (χ3n) is 4.36. The Morgan fingerprint density at radius 1 is 1.10 bits per heavy atom. The van der Waals surface area contributed by atoms with Crippen molar-refractivity contribution >= 4 is 40.6 Å². The molecule has 29 heavy (non-hydrogen) atoms. The molecular weight excluding hydrogens is 406 g/mol. The average Bonchev–Trinajstić information content (AvgIpc) is 3.32.